The van der Waals surface area contributed by atoms with Crippen LogP contribution in [-0.2, 0) is 6.54 Å². The Morgan fingerprint density at radius 2 is 2.25 bits per heavy atom. The first-order valence-electron chi connectivity index (χ1n) is 4.89. The molecule has 84 valence electrons. The summed E-state index contributed by atoms with van der Waals surface area (Å²) in [7, 11) is 1.63. The third-order valence-corrected chi connectivity index (χ3v) is 2.43. The van der Waals surface area contributed by atoms with Gasteiger partial charge in [0.25, 0.3) is 0 Å². The lowest BCUT2D eigenvalue weighted by Gasteiger charge is -2.10. The molecule has 0 radical (unpaired) electrons. The van der Waals surface area contributed by atoms with Crippen molar-refractivity contribution < 1.29 is 9.15 Å². The molecule has 3 nitrogen and oxygen atoms in total. The molecule has 0 atom stereocenters. The number of furan rings is 1. The summed E-state index contributed by atoms with van der Waals surface area (Å²) >= 11 is 5.92. The minimum absolute atomic E-state index is 0.601. The molecule has 0 amide bonds. The van der Waals surface area contributed by atoms with E-state index in [9.17, 15) is 0 Å². The molecule has 0 unspecified atom stereocenters. The predicted octanol–water partition coefficient (Wildman–Crippen LogP) is 3.55. The fourth-order valence-corrected chi connectivity index (χ4v) is 1.59. The molecule has 0 aliphatic heterocycles. The van der Waals surface area contributed by atoms with Gasteiger partial charge < -0.3 is 14.5 Å². The zero-order valence-electron chi connectivity index (χ0n) is 8.87. The topological polar surface area (TPSA) is 34.4 Å². The molecule has 0 saturated carbocycles. The highest BCUT2D eigenvalue weighted by Gasteiger charge is 2.04. The van der Waals surface area contributed by atoms with E-state index in [0.29, 0.717) is 11.6 Å². The normalized spacial score (nSPS) is 10.1. The number of rotatable bonds is 4. The van der Waals surface area contributed by atoms with Crippen molar-refractivity contribution in [1.82, 2.24) is 0 Å². The summed E-state index contributed by atoms with van der Waals surface area (Å²) < 4.78 is 10.4. The van der Waals surface area contributed by atoms with Crippen molar-refractivity contribution in [3.63, 3.8) is 0 Å². The first kappa shape index (κ1) is 10.9. The first-order valence-corrected chi connectivity index (χ1v) is 5.27. The molecular formula is C12H12ClNO2. The Bertz CT molecular complexity index is 454. The minimum atomic E-state index is 0.601. The van der Waals surface area contributed by atoms with Crippen LogP contribution in [0.3, 0.4) is 0 Å². The van der Waals surface area contributed by atoms with E-state index in [2.05, 4.69) is 5.32 Å². The second-order valence-corrected chi connectivity index (χ2v) is 3.71. The Balaban J connectivity index is 2.11. The predicted molar refractivity (Wildman–Crippen MR) is 64.0 cm³/mol. The summed E-state index contributed by atoms with van der Waals surface area (Å²) in [5.74, 6) is 1.62. The van der Waals surface area contributed by atoms with E-state index in [1.165, 1.54) is 0 Å². The maximum atomic E-state index is 5.92. The van der Waals surface area contributed by atoms with E-state index in [4.69, 9.17) is 20.8 Å². The van der Waals surface area contributed by atoms with Crippen LogP contribution in [0.4, 0.5) is 5.69 Å². The summed E-state index contributed by atoms with van der Waals surface area (Å²) in [5, 5.41) is 3.87. The lowest BCUT2D eigenvalue weighted by molar-refractivity contribution is 0.416. The molecule has 1 heterocycles. The summed E-state index contributed by atoms with van der Waals surface area (Å²) in [4.78, 5) is 0. The quantitative estimate of drug-likeness (QED) is 0.883. The van der Waals surface area contributed by atoms with Crippen LogP contribution >= 0.6 is 11.6 Å². The van der Waals surface area contributed by atoms with Crippen molar-refractivity contribution in [2.75, 3.05) is 12.4 Å². The monoisotopic (exact) mass is 237 g/mol. The molecule has 0 aliphatic rings. The summed E-state index contributed by atoms with van der Waals surface area (Å²) in [5.41, 5.74) is 0.853. The maximum Gasteiger partial charge on any atom is 0.142 e. The molecule has 0 fully saturated rings. The van der Waals surface area contributed by atoms with Gasteiger partial charge in [-0.25, -0.2) is 0 Å². The fraction of sp³-hybridized carbons (Fsp3) is 0.167. The second kappa shape index (κ2) is 4.94. The maximum absolute atomic E-state index is 5.92. The Labute approximate surface area is 99.0 Å². The van der Waals surface area contributed by atoms with Crippen molar-refractivity contribution in [3.8, 4) is 5.75 Å². The first-order chi connectivity index (χ1) is 7.79. The smallest absolute Gasteiger partial charge is 0.142 e. The molecule has 1 aromatic heterocycles. The van der Waals surface area contributed by atoms with E-state index < -0.39 is 0 Å². The van der Waals surface area contributed by atoms with Crippen LogP contribution in [0, 0.1) is 0 Å². The molecule has 0 saturated heterocycles. The highest BCUT2D eigenvalue weighted by atomic mass is 35.5. The van der Waals surface area contributed by atoms with Gasteiger partial charge in [-0.1, -0.05) is 11.6 Å². The highest BCUT2D eigenvalue weighted by molar-refractivity contribution is 6.30. The van der Waals surface area contributed by atoms with E-state index in [0.717, 1.165) is 17.2 Å². The average molecular weight is 238 g/mol. The van der Waals surface area contributed by atoms with Crippen LogP contribution in [0.5, 0.6) is 5.75 Å². The Morgan fingerprint density at radius 3 is 2.94 bits per heavy atom. The zero-order valence-corrected chi connectivity index (χ0v) is 9.62. The molecule has 0 aliphatic carbocycles. The number of benzene rings is 1. The molecule has 4 heteroatoms. The number of methoxy groups -OCH3 is 1. The Hall–Kier alpha value is -1.61. The fourth-order valence-electron chi connectivity index (χ4n) is 1.41. The van der Waals surface area contributed by atoms with Crippen LogP contribution in [0.2, 0.25) is 5.02 Å². The van der Waals surface area contributed by atoms with Crippen molar-refractivity contribution in [2.45, 2.75) is 6.54 Å². The zero-order chi connectivity index (χ0) is 11.4. The number of hydrogen-bond donors (Lipinski definition) is 1. The van der Waals surface area contributed by atoms with Crippen LogP contribution in [-0.4, -0.2) is 7.11 Å². The summed E-state index contributed by atoms with van der Waals surface area (Å²) in [6.45, 7) is 0.601. The van der Waals surface area contributed by atoms with Gasteiger partial charge in [-0.3, -0.25) is 0 Å². The lowest BCUT2D eigenvalue weighted by Crippen LogP contribution is -2.00. The van der Waals surface area contributed by atoms with Gasteiger partial charge in [0.05, 0.1) is 25.6 Å². The third kappa shape index (κ3) is 2.49. The third-order valence-electron chi connectivity index (χ3n) is 2.19. The molecule has 0 bridgehead atoms. The highest BCUT2D eigenvalue weighted by Crippen LogP contribution is 2.27. The second-order valence-electron chi connectivity index (χ2n) is 3.28. The van der Waals surface area contributed by atoms with Crippen molar-refractivity contribution in [2.24, 2.45) is 0 Å². The molecular weight excluding hydrogens is 226 g/mol. The molecule has 16 heavy (non-hydrogen) atoms. The van der Waals surface area contributed by atoms with Crippen molar-refractivity contribution in [1.29, 1.82) is 0 Å². The minimum Gasteiger partial charge on any atom is -0.495 e. The molecule has 1 aromatic carbocycles. The van der Waals surface area contributed by atoms with E-state index in [1.54, 1.807) is 19.4 Å². The van der Waals surface area contributed by atoms with Crippen LogP contribution in [0.15, 0.2) is 41.0 Å². The number of hydrogen-bond acceptors (Lipinski definition) is 3. The van der Waals surface area contributed by atoms with Crippen LogP contribution in [0.25, 0.3) is 0 Å². The van der Waals surface area contributed by atoms with Gasteiger partial charge in [0.1, 0.15) is 11.5 Å². The standard InChI is InChI=1S/C12H12ClNO2/c1-15-12-5-4-9(13)7-11(12)14-8-10-3-2-6-16-10/h2-7,14H,8H2,1H3. The van der Waals surface area contributed by atoms with Crippen LogP contribution < -0.4 is 10.1 Å². The van der Waals surface area contributed by atoms with E-state index in [-0.39, 0.29) is 0 Å². The number of anilines is 1. The van der Waals surface area contributed by atoms with Gasteiger partial charge in [-0.05, 0) is 30.3 Å². The van der Waals surface area contributed by atoms with Crippen LogP contribution in [0.1, 0.15) is 5.76 Å². The van der Waals surface area contributed by atoms with Gasteiger partial charge >= 0.3 is 0 Å². The number of ether oxygens (including phenoxy) is 1. The molecule has 1 N–H and O–H groups in total. The Kier molecular flexibility index (Phi) is 3.37. The van der Waals surface area contributed by atoms with Gasteiger partial charge in [0.15, 0.2) is 0 Å². The van der Waals surface area contributed by atoms with E-state index >= 15 is 0 Å². The van der Waals surface area contributed by atoms with Gasteiger partial charge in [0.2, 0.25) is 0 Å². The van der Waals surface area contributed by atoms with E-state index in [1.807, 2.05) is 24.3 Å². The molecule has 2 aromatic rings. The molecule has 0 spiro atoms. The number of halogens is 1. The Morgan fingerprint density at radius 1 is 1.38 bits per heavy atom. The van der Waals surface area contributed by atoms with Gasteiger partial charge in [-0.2, -0.15) is 0 Å². The largest absolute Gasteiger partial charge is 0.495 e. The van der Waals surface area contributed by atoms with Gasteiger partial charge in [-0.15, -0.1) is 0 Å². The van der Waals surface area contributed by atoms with Crippen molar-refractivity contribution >= 4 is 17.3 Å². The van der Waals surface area contributed by atoms with Crippen molar-refractivity contribution in [3.05, 3.63) is 47.4 Å². The van der Waals surface area contributed by atoms with Gasteiger partial charge in [0, 0.05) is 5.02 Å². The SMILES string of the molecule is COc1ccc(Cl)cc1NCc1ccco1. The molecule has 2 rings (SSSR count). The number of nitrogens with one attached hydrogen (secondary N) is 1. The lowest BCUT2D eigenvalue weighted by atomic mass is 10.3. The average Bonchev–Trinajstić information content (AvgIpc) is 2.79. The summed E-state index contributed by atoms with van der Waals surface area (Å²) in [6.07, 6.45) is 1.65. The summed E-state index contributed by atoms with van der Waals surface area (Å²) in [6, 6.07) is 9.20.